The molecule has 0 aliphatic carbocycles. The van der Waals surface area contributed by atoms with Gasteiger partial charge >= 0.3 is 5.97 Å². The summed E-state index contributed by atoms with van der Waals surface area (Å²) < 4.78 is 21.2. The molecule has 2 aromatic rings. The van der Waals surface area contributed by atoms with Crippen LogP contribution in [0, 0.1) is 5.41 Å². The summed E-state index contributed by atoms with van der Waals surface area (Å²) in [5.74, 6) is 1.51. The number of esters is 1. The number of carbonyl (C=O) groups excluding carboxylic acids is 2. The number of benzene rings is 2. The summed E-state index contributed by atoms with van der Waals surface area (Å²) >= 11 is 0. The first kappa shape index (κ1) is 20.5. The number of hydrogen-bond donors (Lipinski definition) is 1. The number of ether oxygens (including phenoxy) is 4. The molecule has 154 valence electrons. The van der Waals surface area contributed by atoms with Crippen LogP contribution in [0.2, 0.25) is 0 Å². The molecule has 29 heavy (non-hydrogen) atoms. The maximum Gasteiger partial charge on any atom is 0.329 e. The Bertz CT molecular complexity index is 866. The molecule has 0 unspecified atom stereocenters. The smallest absolute Gasteiger partial charge is 0.329 e. The van der Waals surface area contributed by atoms with Crippen LogP contribution in [0.1, 0.15) is 19.4 Å². The lowest BCUT2D eigenvalue weighted by Crippen LogP contribution is -2.48. The highest BCUT2D eigenvalue weighted by Gasteiger charge is 2.41. The van der Waals surface area contributed by atoms with E-state index in [4.69, 9.17) is 18.9 Å². The van der Waals surface area contributed by atoms with Gasteiger partial charge in [0, 0.05) is 5.69 Å². The van der Waals surface area contributed by atoms with E-state index in [0.29, 0.717) is 29.4 Å². The van der Waals surface area contributed by atoms with Gasteiger partial charge in [0.15, 0.2) is 11.5 Å². The Hall–Kier alpha value is -3.22. The van der Waals surface area contributed by atoms with Gasteiger partial charge in [-0.1, -0.05) is 13.0 Å². The standard InChI is InChI=1S/C22H25NO6/c1-4-27-21(25)20(23-16-6-8-17(26-3)9-7-16)22(2,13-24)12-15-5-10-18-19(11-15)29-14-28-18/h5-11,13,20,23H,4,12,14H2,1-3H3/t20-,22-/m1/s1. The van der Waals surface area contributed by atoms with Gasteiger partial charge in [0.25, 0.3) is 0 Å². The van der Waals surface area contributed by atoms with Crippen molar-refractivity contribution in [3.05, 3.63) is 48.0 Å². The summed E-state index contributed by atoms with van der Waals surface area (Å²) in [5, 5.41) is 3.16. The normalized spacial score (nSPS) is 15.1. The molecule has 1 aliphatic rings. The highest BCUT2D eigenvalue weighted by molar-refractivity contribution is 5.85. The second-order valence-corrected chi connectivity index (χ2v) is 7.05. The molecule has 0 aromatic heterocycles. The summed E-state index contributed by atoms with van der Waals surface area (Å²) in [6.07, 6.45) is 1.12. The number of anilines is 1. The molecule has 0 saturated heterocycles. The first-order chi connectivity index (χ1) is 14.0. The number of methoxy groups -OCH3 is 1. The predicted molar refractivity (Wildman–Crippen MR) is 107 cm³/mol. The van der Waals surface area contributed by atoms with Crippen molar-refractivity contribution in [2.75, 3.05) is 25.8 Å². The van der Waals surface area contributed by atoms with Crippen molar-refractivity contribution in [1.29, 1.82) is 0 Å². The monoisotopic (exact) mass is 399 g/mol. The second kappa shape index (κ2) is 8.86. The zero-order chi connectivity index (χ0) is 20.9. The molecule has 2 atom stereocenters. The predicted octanol–water partition coefficient (Wildman–Crippen LogP) is 3.22. The fourth-order valence-corrected chi connectivity index (χ4v) is 3.28. The number of carbonyl (C=O) groups is 2. The molecule has 0 saturated carbocycles. The molecule has 0 radical (unpaired) electrons. The molecule has 7 nitrogen and oxygen atoms in total. The average molecular weight is 399 g/mol. The van der Waals surface area contributed by atoms with Crippen LogP contribution in [0.4, 0.5) is 5.69 Å². The highest BCUT2D eigenvalue weighted by Crippen LogP contribution is 2.35. The first-order valence-electron chi connectivity index (χ1n) is 9.41. The Labute approximate surface area is 169 Å². The Morgan fingerprint density at radius 2 is 1.93 bits per heavy atom. The summed E-state index contributed by atoms with van der Waals surface area (Å²) in [4.78, 5) is 24.9. The number of rotatable bonds is 9. The van der Waals surface area contributed by atoms with E-state index in [1.54, 1.807) is 51.3 Å². The summed E-state index contributed by atoms with van der Waals surface area (Å²) in [7, 11) is 1.58. The average Bonchev–Trinajstić information content (AvgIpc) is 3.20. The number of hydrogen-bond acceptors (Lipinski definition) is 7. The van der Waals surface area contributed by atoms with Crippen molar-refractivity contribution < 1.29 is 28.5 Å². The van der Waals surface area contributed by atoms with Gasteiger partial charge in [-0.3, -0.25) is 0 Å². The molecule has 7 heteroatoms. The van der Waals surface area contributed by atoms with Gasteiger partial charge in [0.05, 0.1) is 19.1 Å². The quantitative estimate of drug-likeness (QED) is 0.512. The van der Waals surface area contributed by atoms with E-state index in [9.17, 15) is 9.59 Å². The van der Waals surface area contributed by atoms with Crippen molar-refractivity contribution >= 4 is 17.9 Å². The summed E-state index contributed by atoms with van der Waals surface area (Å²) in [6.45, 7) is 3.87. The van der Waals surface area contributed by atoms with Gasteiger partial charge in [0.1, 0.15) is 18.1 Å². The molecular weight excluding hydrogens is 374 g/mol. The Balaban J connectivity index is 1.87. The van der Waals surface area contributed by atoms with E-state index >= 15 is 0 Å². The zero-order valence-corrected chi connectivity index (χ0v) is 16.8. The maximum atomic E-state index is 12.7. The molecule has 0 spiro atoms. The first-order valence-corrected chi connectivity index (χ1v) is 9.41. The van der Waals surface area contributed by atoms with Crippen LogP contribution in [-0.2, 0) is 20.7 Å². The topological polar surface area (TPSA) is 83.1 Å². The van der Waals surface area contributed by atoms with E-state index in [1.165, 1.54) is 0 Å². The van der Waals surface area contributed by atoms with Gasteiger partial charge in [-0.2, -0.15) is 0 Å². The van der Waals surface area contributed by atoms with Crippen LogP contribution in [0.3, 0.4) is 0 Å². The molecule has 1 heterocycles. The Kier molecular flexibility index (Phi) is 6.26. The van der Waals surface area contributed by atoms with Crippen molar-refractivity contribution in [3.63, 3.8) is 0 Å². The van der Waals surface area contributed by atoms with Gasteiger partial charge < -0.3 is 29.1 Å². The lowest BCUT2D eigenvalue weighted by atomic mass is 9.78. The minimum Gasteiger partial charge on any atom is -0.497 e. The van der Waals surface area contributed by atoms with Gasteiger partial charge in [-0.25, -0.2) is 4.79 Å². The molecular formula is C22H25NO6. The minimum atomic E-state index is -1.06. The summed E-state index contributed by atoms with van der Waals surface area (Å²) in [5.41, 5.74) is 0.483. The van der Waals surface area contributed by atoms with Crippen molar-refractivity contribution in [1.82, 2.24) is 0 Å². The third-order valence-corrected chi connectivity index (χ3v) is 4.87. The minimum absolute atomic E-state index is 0.175. The molecule has 0 amide bonds. The molecule has 0 bridgehead atoms. The number of fused-ring (bicyclic) bond motifs is 1. The van der Waals surface area contributed by atoms with Crippen LogP contribution in [-0.4, -0.2) is 38.8 Å². The van der Waals surface area contributed by atoms with Crippen molar-refractivity contribution in [2.45, 2.75) is 26.3 Å². The molecule has 0 fully saturated rings. The van der Waals surface area contributed by atoms with E-state index in [-0.39, 0.29) is 13.4 Å². The van der Waals surface area contributed by atoms with E-state index in [2.05, 4.69) is 5.32 Å². The lowest BCUT2D eigenvalue weighted by Gasteiger charge is -2.32. The maximum absolute atomic E-state index is 12.7. The SMILES string of the molecule is CCOC(=O)[C@@H](Nc1ccc(OC)cc1)[C@@](C)(C=O)Cc1ccc2c(c1)OCO2. The zero-order valence-electron chi connectivity index (χ0n) is 16.8. The number of aldehydes is 1. The number of nitrogens with one attached hydrogen (secondary N) is 1. The molecule has 2 aromatic carbocycles. The van der Waals surface area contributed by atoms with Crippen LogP contribution >= 0.6 is 0 Å². The van der Waals surface area contributed by atoms with E-state index in [1.807, 2.05) is 12.1 Å². The molecule has 3 rings (SSSR count). The van der Waals surface area contributed by atoms with Gasteiger partial charge in [-0.05, 0) is 55.3 Å². The fourth-order valence-electron chi connectivity index (χ4n) is 3.28. The van der Waals surface area contributed by atoms with Gasteiger partial charge in [-0.15, -0.1) is 0 Å². The lowest BCUT2D eigenvalue weighted by molar-refractivity contribution is -0.148. The Morgan fingerprint density at radius 3 is 2.59 bits per heavy atom. The van der Waals surface area contributed by atoms with Crippen LogP contribution in [0.25, 0.3) is 0 Å². The van der Waals surface area contributed by atoms with Crippen molar-refractivity contribution in [2.24, 2.45) is 5.41 Å². The van der Waals surface area contributed by atoms with Crippen molar-refractivity contribution in [3.8, 4) is 17.2 Å². The summed E-state index contributed by atoms with van der Waals surface area (Å²) in [6, 6.07) is 11.8. The van der Waals surface area contributed by atoms with Gasteiger partial charge in [0.2, 0.25) is 6.79 Å². The third kappa shape index (κ3) is 4.62. The fraction of sp³-hybridized carbons (Fsp3) is 0.364. The van der Waals surface area contributed by atoms with Crippen LogP contribution in [0.5, 0.6) is 17.2 Å². The third-order valence-electron chi connectivity index (χ3n) is 4.87. The second-order valence-electron chi connectivity index (χ2n) is 7.05. The van der Waals surface area contributed by atoms with E-state index < -0.39 is 17.4 Å². The van der Waals surface area contributed by atoms with Crippen LogP contribution in [0.15, 0.2) is 42.5 Å². The highest BCUT2D eigenvalue weighted by atomic mass is 16.7. The molecule has 1 aliphatic heterocycles. The Morgan fingerprint density at radius 1 is 1.21 bits per heavy atom. The van der Waals surface area contributed by atoms with Crippen LogP contribution < -0.4 is 19.5 Å². The van der Waals surface area contributed by atoms with E-state index in [0.717, 1.165) is 11.8 Å². The largest absolute Gasteiger partial charge is 0.497 e. The molecule has 1 N–H and O–H groups in total.